The molecule has 2 saturated heterocycles. The number of ether oxygens (including phenoxy) is 1. The molecule has 0 aromatic heterocycles. The van der Waals surface area contributed by atoms with Crippen molar-refractivity contribution in [3.8, 4) is 5.75 Å². The van der Waals surface area contributed by atoms with Crippen molar-refractivity contribution in [2.45, 2.75) is 25.3 Å². The molecule has 1 atom stereocenters. The highest BCUT2D eigenvalue weighted by Crippen LogP contribution is 2.20. The molecule has 1 amide bonds. The van der Waals surface area contributed by atoms with E-state index in [0.29, 0.717) is 5.75 Å². The Bertz CT molecular complexity index is 534. The van der Waals surface area contributed by atoms with Crippen LogP contribution in [-0.4, -0.2) is 66.0 Å². The molecule has 0 bridgehead atoms. The molecule has 1 unspecified atom stereocenters. The molecule has 24 heavy (non-hydrogen) atoms. The second-order valence-corrected chi connectivity index (χ2v) is 7.57. The van der Waals surface area contributed by atoms with Crippen molar-refractivity contribution in [2.24, 2.45) is 0 Å². The van der Waals surface area contributed by atoms with E-state index < -0.39 is 0 Å². The highest BCUT2D eigenvalue weighted by molar-refractivity contribution is 7.99. The fourth-order valence-electron chi connectivity index (χ4n) is 3.33. The predicted molar refractivity (Wildman–Crippen MR) is 95.0 cm³/mol. The van der Waals surface area contributed by atoms with E-state index in [9.17, 15) is 9.18 Å². The number of thioether (sulfide) groups is 1. The van der Waals surface area contributed by atoms with Gasteiger partial charge in [0.2, 0.25) is 0 Å². The molecule has 132 valence electrons. The number of benzene rings is 1. The summed E-state index contributed by atoms with van der Waals surface area (Å²) in [6, 6.07) is 6.07. The lowest BCUT2D eigenvalue weighted by Crippen LogP contribution is -2.49. The van der Waals surface area contributed by atoms with E-state index in [-0.39, 0.29) is 24.4 Å². The van der Waals surface area contributed by atoms with Crippen molar-refractivity contribution < 1.29 is 13.9 Å². The monoisotopic (exact) mass is 352 g/mol. The SMILES string of the molecule is O=C(COc1ccc(F)cc1)N1CCCSCC1CN1CCCC1. The van der Waals surface area contributed by atoms with Gasteiger partial charge in [0, 0.05) is 18.8 Å². The summed E-state index contributed by atoms with van der Waals surface area (Å²) in [6.45, 7) is 4.09. The van der Waals surface area contributed by atoms with Gasteiger partial charge in [0.05, 0.1) is 6.04 Å². The maximum absolute atomic E-state index is 12.9. The molecule has 2 aliphatic rings. The molecular formula is C18H25FN2O2S. The van der Waals surface area contributed by atoms with E-state index in [1.807, 2.05) is 16.7 Å². The first kappa shape index (κ1) is 17.5. The fourth-order valence-corrected chi connectivity index (χ4v) is 4.39. The smallest absolute Gasteiger partial charge is 0.260 e. The maximum Gasteiger partial charge on any atom is 0.260 e. The van der Waals surface area contributed by atoms with E-state index in [0.717, 1.165) is 44.1 Å². The summed E-state index contributed by atoms with van der Waals surface area (Å²) in [6.07, 6.45) is 3.56. The Morgan fingerprint density at radius 2 is 1.92 bits per heavy atom. The van der Waals surface area contributed by atoms with Crippen LogP contribution < -0.4 is 4.74 Å². The molecular weight excluding hydrogens is 327 g/mol. The number of amides is 1. The average Bonchev–Trinajstić information content (AvgIpc) is 2.99. The Hall–Kier alpha value is -1.27. The molecule has 6 heteroatoms. The van der Waals surface area contributed by atoms with Gasteiger partial charge < -0.3 is 14.5 Å². The van der Waals surface area contributed by atoms with Crippen LogP contribution in [0.3, 0.4) is 0 Å². The van der Waals surface area contributed by atoms with Crippen LogP contribution in [0, 0.1) is 5.82 Å². The minimum absolute atomic E-state index is 0.0206. The van der Waals surface area contributed by atoms with Gasteiger partial charge in [-0.3, -0.25) is 4.79 Å². The van der Waals surface area contributed by atoms with Gasteiger partial charge in [0.25, 0.3) is 5.91 Å². The second kappa shape index (κ2) is 8.72. The van der Waals surface area contributed by atoms with Gasteiger partial charge in [-0.1, -0.05) is 0 Å². The van der Waals surface area contributed by atoms with Gasteiger partial charge in [0.1, 0.15) is 11.6 Å². The quantitative estimate of drug-likeness (QED) is 0.816. The van der Waals surface area contributed by atoms with E-state index >= 15 is 0 Å². The van der Waals surface area contributed by atoms with E-state index in [4.69, 9.17) is 4.74 Å². The van der Waals surface area contributed by atoms with Crippen molar-refractivity contribution in [3.63, 3.8) is 0 Å². The lowest BCUT2D eigenvalue weighted by atomic mass is 10.2. The number of nitrogens with zero attached hydrogens (tertiary/aromatic N) is 2. The maximum atomic E-state index is 12.9. The first-order chi connectivity index (χ1) is 11.7. The van der Waals surface area contributed by atoms with Gasteiger partial charge in [-0.05, 0) is 62.4 Å². The Labute approximate surface area is 147 Å². The third-order valence-corrected chi connectivity index (χ3v) is 5.80. The zero-order chi connectivity index (χ0) is 16.8. The van der Waals surface area contributed by atoms with Crippen LogP contribution in [0.4, 0.5) is 4.39 Å². The summed E-state index contributed by atoms with van der Waals surface area (Å²) in [5, 5.41) is 0. The number of hydrogen-bond acceptors (Lipinski definition) is 4. The summed E-state index contributed by atoms with van der Waals surface area (Å²) in [7, 11) is 0. The standard InChI is InChI=1S/C18H25FN2O2S/c19-15-4-6-17(7-5-15)23-13-18(22)21-10-3-11-24-14-16(21)12-20-8-1-2-9-20/h4-7,16H,1-3,8-14H2. The average molecular weight is 352 g/mol. The van der Waals surface area contributed by atoms with Gasteiger partial charge in [0.15, 0.2) is 6.61 Å². The van der Waals surface area contributed by atoms with Gasteiger partial charge in [-0.15, -0.1) is 0 Å². The molecule has 2 fully saturated rings. The van der Waals surface area contributed by atoms with Crippen molar-refractivity contribution in [2.75, 3.05) is 44.3 Å². The van der Waals surface area contributed by atoms with Crippen LogP contribution in [0.15, 0.2) is 24.3 Å². The molecule has 4 nitrogen and oxygen atoms in total. The zero-order valence-corrected chi connectivity index (χ0v) is 14.8. The Morgan fingerprint density at radius 3 is 2.67 bits per heavy atom. The summed E-state index contributed by atoms with van der Waals surface area (Å²) in [4.78, 5) is 17.1. The summed E-state index contributed by atoms with van der Waals surface area (Å²) >= 11 is 1.94. The van der Waals surface area contributed by atoms with Crippen LogP contribution in [-0.2, 0) is 4.79 Å². The number of likely N-dealkylation sites (tertiary alicyclic amines) is 1. The van der Waals surface area contributed by atoms with E-state index in [1.54, 1.807) is 12.1 Å². The van der Waals surface area contributed by atoms with Crippen molar-refractivity contribution in [1.29, 1.82) is 0 Å². The van der Waals surface area contributed by atoms with E-state index in [2.05, 4.69) is 4.90 Å². The number of halogens is 1. The Kier molecular flexibility index (Phi) is 6.37. The predicted octanol–water partition coefficient (Wildman–Crippen LogP) is 2.63. The summed E-state index contributed by atoms with van der Waals surface area (Å²) in [5.74, 6) is 2.37. The number of carbonyl (C=O) groups is 1. The molecule has 0 spiro atoms. The zero-order valence-electron chi connectivity index (χ0n) is 14.0. The first-order valence-corrected chi connectivity index (χ1v) is 9.86. The van der Waals surface area contributed by atoms with Gasteiger partial charge in [-0.2, -0.15) is 11.8 Å². The summed E-state index contributed by atoms with van der Waals surface area (Å²) in [5.41, 5.74) is 0. The third-order valence-electron chi connectivity index (χ3n) is 4.60. The van der Waals surface area contributed by atoms with Crippen LogP contribution in [0.2, 0.25) is 0 Å². The molecule has 0 aliphatic carbocycles. The third kappa shape index (κ3) is 4.86. The summed E-state index contributed by atoms with van der Waals surface area (Å²) < 4.78 is 18.5. The molecule has 1 aromatic rings. The van der Waals surface area contributed by atoms with Crippen molar-refractivity contribution in [1.82, 2.24) is 9.80 Å². The number of rotatable bonds is 5. The van der Waals surface area contributed by atoms with Crippen LogP contribution in [0.1, 0.15) is 19.3 Å². The second-order valence-electron chi connectivity index (χ2n) is 6.42. The van der Waals surface area contributed by atoms with Crippen LogP contribution >= 0.6 is 11.8 Å². The normalized spacial score (nSPS) is 22.4. The Morgan fingerprint density at radius 1 is 1.17 bits per heavy atom. The highest BCUT2D eigenvalue weighted by Gasteiger charge is 2.28. The minimum Gasteiger partial charge on any atom is -0.484 e. The molecule has 3 rings (SSSR count). The Balaban J connectivity index is 1.57. The molecule has 0 saturated carbocycles. The van der Waals surface area contributed by atoms with Crippen molar-refractivity contribution >= 4 is 17.7 Å². The molecule has 2 aliphatic heterocycles. The number of hydrogen-bond donors (Lipinski definition) is 0. The van der Waals surface area contributed by atoms with Crippen LogP contribution in [0.25, 0.3) is 0 Å². The fraction of sp³-hybridized carbons (Fsp3) is 0.611. The number of carbonyl (C=O) groups excluding carboxylic acids is 1. The topological polar surface area (TPSA) is 32.8 Å². The van der Waals surface area contributed by atoms with Gasteiger partial charge in [-0.25, -0.2) is 4.39 Å². The van der Waals surface area contributed by atoms with Crippen molar-refractivity contribution in [3.05, 3.63) is 30.1 Å². The first-order valence-electron chi connectivity index (χ1n) is 8.70. The highest BCUT2D eigenvalue weighted by atomic mass is 32.2. The largest absolute Gasteiger partial charge is 0.484 e. The molecule has 2 heterocycles. The van der Waals surface area contributed by atoms with E-state index in [1.165, 1.54) is 25.0 Å². The molecule has 0 radical (unpaired) electrons. The lowest BCUT2D eigenvalue weighted by Gasteiger charge is -2.32. The minimum atomic E-state index is -0.302. The van der Waals surface area contributed by atoms with Crippen LogP contribution in [0.5, 0.6) is 5.75 Å². The van der Waals surface area contributed by atoms with Gasteiger partial charge >= 0.3 is 0 Å². The molecule has 0 N–H and O–H groups in total. The lowest BCUT2D eigenvalue weighted by molar-refractivity contribution is -0.135. The molecule has 1 aromatic carbocycles.